The molecule has 6 aromatic rings. The van der Waals surface area contributed by atoms with E-state index in [9.17, 15) is 28.0 Å². The molecule has 4 aromatic carbocycles. The van der Waals surface area contributed by atoms with Crippen LogP contribution in [0.15, 0.2) is 81.8 Å². The lowest BCUT2D eigenvalue weighted by Crippen LogP contribution is -2.36. The smallest absolute Gasteiger partial charge is 0.262 e. The summed E-state index contributed by atoms with van der Waals surface area (Å²) in [5.41, 5.74) is 4.12. The summed E-state index contributed by atoms with van der Waals surface area (Å²) < 4.78 is 48.9. The van der Waals surface area contributed by atoms with Crippen molar-refractivity contribution in [2.45, 2.75) is 37.5 Å². The van der Waals surface area contributed by atoms with Crippen molar-refractivity contribution in [3.8, 4) is 11.5 Å². The van der Waals surface area contributed by atoms with Gasteiger partial charge in [-0.25, -0.2) is 8.78 Å². The third-order valence-electron chi connectivity index (χ3n) is 11.7. The van der Waals surface area contributed by atoms with Crippen LogP contribution in [0.2, 0.25) is 0 Å². The number of halogens is 2. The maximum atomic E-state index is 13.3. The van der Waals surface area contributed by atoms with Gasteiger partial charge in [0.05, 0.1) is 33.6 Å². The average molecular weight is 837 g/mol. The number of nitrogens with one attached hydrogen (secondary N) is 2. The zero-order valence-electron chi connectivity index (χ0n) is 32.9. The van der Waals surface area contributed by atoms with E-state index in [0.717, 1.165) is 87.1 Å². The second-order valence-electron chi connectivity index (χ2n) is 15.3. The molecule has 15 nitrogen and oxygen atoms in total. The highest BCUT2D eigenvalue weighted by molar-refractivity contribution is 6.23. The quantitative estimate of drug-likeness (QED) is 0.167. The van der Waals surface area contributed by atoms with Crippen LogP contribution >= 0.6 is 0 Å². The number of carbonyl (C=O) groups is 4. The van der Waals surface area contributed by atoms with Crippen molar-refractivity contribution in [1.82, 2.24) is 30.7 Å². The fourth-order valence-corrected chi connectivity index (χ4v) is 8.50. The minimum atomic E-state index is -0.411. The summed E-state index contributed by atoms with van der Waals surface area (Å²) in [7, 11) is 0. The summed E-state index contributed by atoms with van der Waals surface area (Å²) in [6.45, 7) is 5.83. The molecule has 4 N–H and O–H groups in total. The topological polar surface area (TPSA) is 201 Å². The number of fused-ring (bicyclic) bond motifs is 4. The number of imide groups is 2. The first-order valence-corrected chi connectivity index (χ1v) is 20.0. The van der Waals surface area contributed by atoms with Crippen molar-refractivity contribution in [3.63, 3.8) is 0 Å². The van der Waals surface area contributed by atoms with Gasteiger partial charge in [0.25, 0.3) is 23.6 Å². The number of hydrogen-bond donors (Lipinski definition) is 2. The zero-order valence-corrected chi connectivity index (χ0v) is 32.9. The van der Waals surface area contributed by atoms with E-state index in [2.05, 4.69) is 30.7 Å². The summed E-state index contributed by atoms with van der Waals surface area (Å²) in [5.74, 6) is -0.813. The number of nitrogens with zero attached hydrogens (tertiary/aromatic N) is 4. The van der Waals surface area contributed by atoms with Gasteiger partial charge in [-0.1, -0.05) is 22.4 Å². The fraction of sp³-hybridized carbons (Fsp3) is 0.318. The molecule has 0 saturated carbocycles. The number of aromatic nitrogens is 2. The highest BCUT2D eigenvalue weighted by Gasteiger charge is 2.32. The molecule has 316 valence electrons. The molecule has 17 heteroatoms. The summed E-state index contributed by atoms with van der Waals surface area (Å²) >= 11 is 0. The monoisotopic (exact) mass is 836 g/mol. The van der Waals surface area contributed by atoms with Crippen LogP contribution in [0.3, 0.4) is 0 Å². The number of carbonyl (C=O) groups excluding carboxylic acids is 4. The molecule has 61 heavy (non-hydrogen) atoms. The molecule has 0 unspecified atom stereocenters. The van der Waals surface area contributed by atoms with Gasteiger partial charge in [-0.15, -0.1) is 0 Å². The largest absolute Gasteiger partial charge is 0.491 e. The lowest BCUT2D eigenvalue weighted by molar-refractivity contribution is 0.0861. The van der Waals surface area contributed by atoms with E-state index in [1.165, 1.54) is 24.3 Å². The van der Waals surface area contributed by atoms with Gasteiger partial charge in [0, 0.05) is 47.8 Å². The Kier molecular flexibility index (Phi) is 11.9. The van der Waals surface area contributed by atoms with Gasteiger partial charge in [-0.2, -0.15) is 0 Å². The number of likely N-dealkylation sites (tertiary alicyclic amines) is 2. The summed E-state index contributed by atoms with van der Waals surface area (Å²) in [4.78, 5) is 52.0. The lowest BCUT2D eigenvalue weighted by Gasteiger charge is -2.31. The Morgan fingerprint density at radius 2 is 1.00 bits per heavy atom. The first-order valence-electron chi connectivity index (χ1n) is 20.0. The van der Waals surface area contributed by atoms with Crippen molar-refractivity contribution in [2.75, 3.05) is 52.5 Å². The molecule has 6 heterocycles. The standard InChI is InChI=1S/2C22H20FN3O4.H2O/c2*23-14-4-5-15-18(12-14)30-25-20(15)13-6-8-26(9-7-13)10-11-29-17-3-1-2-16-19(17)22(28)24-21(16)27;/h2*1-5,12-13H,6-11H2,(H,24,27,28);1H2. The van der Waals surface area contributed by atoms with Crippen LogP contribution in [-0.4, -0.2) is 102 Å². The highest BCUT2D eigenvalue weighted by atomic mass is 19.1. The van der Waals surface area contributed by atoms with Gasteiger partial charge >= 0.3 is 0 Å². The molecule has 0 atom stereocenters. The zero-order chi connectivity index (χ0) is 41.3. The van der Waals surface area contributed by atoms with Crippen molar-refractivity contribution in [2.24, 2.45) is 0 Å². The third kappa shape index (κ3) is 8.44. The Labute approximate surface area is 347 Å². The van der Waals surface area contributed by atoms with Crippen LogP contribution in [-0.2, 0) is 0 Å². The van der Waals surface area contributed by atoms with E-state index in [1.807, 2.05) is 0 Å². The number of hydrogen-bond acceptors (Lipinski definition) is 12. The van der Waals surface area contributed by atoms with Gasteiger partial charge in [0.1, 0.15) is 36.3 Å². The SMILES string of the molecule is O.O=C1NC(=O)c2c(OCCN3CCC(c4noc5cc(F)ccc45)CC3)cccc21.O=C1NC(=O)c2c(OCCN3CCC(c4noc5cc(F)ccc45)CC3)cccc21. The molecule has 0 bridgehead atoms. The first kappa shape index (κ1) is 41.2. The Morgan fingerprint density at radius 3 is 1.41 bits per heavy atom. The fourth-order valence-electron chi connectivity index (χ4n) is 8.50. The molecule has 0 radical (unpaired) electrons. The summed E-state index contributed by atoms with van der Waals surface area (Å²) in [5, 5.41) is 14.7. The van der Waals surface area contributed by atoms with E-state index in [4.69, 9.17) is 18.5 Å². The van der Waals surface area contributed by atoms with Crippen molar-refractivity contribution < 1.29 is 52.0 Å². The van der Waals surface area contributed by atoms with Crippen molar-refractivity contribution in [1.29, 1.82) is 0 Å². The number of amides is 4. The predicted octanol–water partition coefficient (Wildman–Crippen LogP) is 5.39. The molecule has 10 rings (SSSR count). The third-order valence-corrected chi connectivity index (χ3v) is 11.7. The Balaban J connectivity index is 0.000000166. The van der Waals surface area contributed by atoms with Crippen LogP contribution in [0.4, 0.5) is 8.78 Å². The Morgan fingerprint density at radius 1 is 0.590 bits per heavy atom. The Bertz CT molecular complexity index is 2450. The average Bonchev–Trinajstić information content (AvgIpc) is 4.02. The predicted molar refractivity (Wildman–Crippen MR) is 216 cm³/mol. The molecule has 2 fully saturated rings. The summed E-state index contributed by atoms with van der Waals surface area (Å²) in [6, 6.07) is 19.2. The van der Waals surface area contributed by atoms with Crippen LogP contribution in [0.5, 0.6) is 11.5 Å². The van der Waals surface area contributed by atoms with Crippen LogP contribution in [0, 0.1) is 11.6 Å². The molecule has 4 aliphatic heterocycles. The summed E-state index contributed by atoms with van der Waals surface area (Å²) in [6.07, 6.45) is 3.71. The van der Waals surface area contributed by atoms with Crippen molar-refractivity contribution >= 4 is 45.6 Å². The molecule has 2 aromatic heterocycles. The van der Waals surface area contributed by atoms with E-state index >= 15 is 0 Å². The van der Waals surface area contributed by atoms with E-state index in [0.29, 0.717) is 58.1 Å². The normalized spacial score (nSPS) is 17.1. The van der Waals surface area contributed by atoms with Gasteiger partial charge in [0.2, 0.25) is 0 Å². The van der Waals surface area contributed by atoms with Crippen LogP contribution in [0.1, 0.15) is 90.3 Å². The van der Waals surface area contributed by atoms with Crippen molar-refractivity contribution in [3.05, 3.63) is 118 Å². The maximum absolute atomic E-state index is 13.3. The van der Waals surface area contributed by atoms with Crippen LogP contribution < -0.4 is 20.1 Å². The second kappa shape index (κ2) is 17.6. The molecule has 2 saturated heterocycles. The maximum Gasteiger partial charge on any atom is 0.262 e. The molecular formula is C44H42F2N6O9. The van der Waals surface area contributed by atoms with Gasteiger partial charge in [-0.3, -0.25) is 39.6 Å². The van der Waals surface area contributed by atoms with E-state index in [1.54, 1.807) is 48.5 Å². The van der Waals surface area contributed by atoms with E-state index in [-0.39, 0.29) is 40.8 Å². The number of benzene rings is 4. The number of piperidine rings is 2. The molecule has 4 amide bonds. The minimum Gasteiger partial charge on any atom is -0.491 e. The van der Waals surface area contributed by atoms with Crippen LogP contribution in [0.25, 0.3) is 21.9 Å². The van der Waals surface area contributed by atoms with Gasteiger partial charge in [-0.05, 0) is 100 Å². The molecule has 4 aliphatic rings. The lowest BCUT2D eigenvalue weighted by atomic mass is 9.91. The number of rotatable bonds is 10. The number of ether oxygens (including phenoxy) is 2. The van der Waals surface area contributed by atoms with Gasteiger partial charge in [0.15, 0.2) is 11.2 Å². The second-order valence-corrected chi connectivity index (χ2v) is 15.3. The Hall–Kier alpha value is -6.56. The molecular weight excluding hydrogens is 795 g/mol. The van der Waals surface area contributed by atoms with E-state index < -0.39 is 11.8 Å². The molecule has 0 aliphatic carbocycles. The highest BCUT2D eigenvalue weighted by Crippen LogP contribution is 2.35. The molecule has 0 spiro atoms. The first-order chi connectivity index (χ1) is 29.2. The minimum absolute atomic E-state index is 0. The van der Waals surface area contributed by atoms with Gasteiger partial charge < -0.3 is 24.0 Å².